The van der Waals surface area contributed by atoms with Crippen LogP contribution in [0.4, 0.5) is 5.69 Å². The number of rotatable bonds is 3. The topological polar surface area (TPSA) is 71.8 Å². The van der Waals surface area contributed by atoms with E-state index in [0.29, 0.717) is 23.2 Å². The van der Waals surface area contributed by atoms with Gasteiger partial charge in [0.1, 0.15) is 0 Å². The number of nitrogen functional groups attached to an aromatic ring is 1. The van der Waals surface area contributed by atoms with E-state index < -0.39 is 0 Å². The van der Waals surface area contributed by atoms with Crippen LogP contribution in [0, 0.1) is 11.3 Å². The van der Waals surface area contributed by atoms with Crippen LogP contribution in [0.5, 0.6) is 0 Å². The molecular formula is C18H15N3O. The number of aryl methyl sites for hydroxylation is 1. The molecule has 108 valence electrons. The summed E-state index contributed by atoms with van der Waals surface area (Å²) >= 11 is 0. The lowest BCUT2D eigenvalue weighted by molar-refractivity contribution is 0.0994. The van der Waals surface area contributed by atoms with E-state index >= 15 is 0 Å². The molecule has 0 saturated heterocycles. The number of nitrogens with zero attached hydrogens (tertiary/aromatic N) is 2. The Labute approximate surface area is 128 Å². The Hall–Kier alpha value is -3.06. The number of hydrogen-bond acceptors (Lipinski definition) is 3. The van der Waals surface area contributed by atoms with Crippen molar-refractivity contribution in [3.05, 3.63) is 65.4 Å². The van der Waals surface area contributed by atoms with Gasteiger partial charge in [0.2, 0.25) is 0 Å². The van der Waals surface area contributed by atoms with Crippen molar-refractivity contribution >= 4 is 22.4 Å². The van der Waals surface area contributed by atoms with Gasteiger partial charge in [0.05, 0.1) is 17.1 Å². The van der Waals surface area contributed by atoms with Crippen molar-refractivity contribution in [2.45, 2.75) is 6.42 Å². The van der Waals surface area contributed by atoms with E-state index in [1.807, 2.05) is 42.1 Å². The first-order valence-corrected chi connectivity index (χ1v) is 6.95. The van der Waals surface area contributed by atoms with Crippen LogP contribution in [0.25, 0.3) is 10.9 Å². The molecule has 3 aromatic rings. The molecule has 0 saturated carbocycles. The molecule has 1 aromatic heterocycles. The summed E-state index contributed by atoms with van der Waals surface area (Å²) in [6, 6.07) is 14.7. The molecule has 2 N–H and O–H groups in total. The van der Waals surface area contributed by atoms with Gasteiger partial charge in [0.15, 0.2) is 5.78 Å². The van der Waals surface area contributed by atoms with E-state index in [1.54, 1.807) is 18.2 Å². The van der Waals surface area contributed by atoms with Gasteiger partial charge in [0, 0.05) is 36.3 Å². The highest BCUT2D eigenvalue weighted by Crippen LogP contribution is 2.24. The standard InChI is InChI=1S/C18H15N3O/c1-21-11-16(15-7-6-14(20)9-17(15)21)18(22)8-12-2-4-13(10-19)5-3-12/h2-7,9,11H,8,20H2,1H3. The largest absolute Gasteiger partial charge is 0.399 e. The smallest absolute Gasteiger partial charge is 0.169 e. The Balaban J connectivity index is 1.93. The number of aromatic nitrogens is 1. The summed E-state index contributed by atoms with van der Waals surface area (Å²) in [6.45, 7) is 0. The van der Waals surface area contributed by atoms with Crippen LogP contribution in [0.15, 0.2) is 48.7 Å². The van der Waals surface area contributed by atoms with Crippen LogP contribution in [-0.4, -0.2) is 10.4 Å². The van der Waals surface area contributed by atoms with Crippen molar-refractivity contribution < 1.29 is 4.79 Å². The summed E-state index contributed by atoms with van der Waals surface area (Å²) in [5, 5.41) is 9.71. The van der Waals surface area contributed by atoms with Gasteiger partial charge in [-0.3, -0.25) is 4.79 Å². The number of carbonyl (C=O) groups excluding carboxylic acids is 1. The Morgan fingerprint density at radius 3 is 2.64 bits per heavy atom. The third kappa shape index (κ3) is 2.45. The van der Waals surface area contributed by atoms with Gasteiger partial charge in [-0.15, -0.1) is 0 Å². The molecule has 2 aromatic carbocycles. The summed E-state index contributed by atoms with van der Waals surface area (Å²) in [7, 11) is 1.90. The molecule has 0 amide bonds. The molecule has 0 aliphatic heterocycles. The van der Waals surface area contributed by atoms with Crippen LogP contribution in [-0.2, 0) is 13.5 Å². The average Bonchev–Trinajstić information content (AvgIpc) is 2.85. The first-order chi connectivity index (χ1) is 10.6. The maximum Gasteiger partial charge on any atom is 0.169 e. The van der Waals surface area contributed by atoms with Gasteiger partial charge in [-0.05, 0) is 29.8 Å². The van der Waals surface area contributed by atoms with Gasteiger partial charge in [0.25, 0.3) is 0 Å². The Morgan fingerprint density at radius 1 is 1.23 bits per heavy atom. The zero-order valence-electron chi connectivity index (χ0n) is 12.2. The van der Waals surface area contributed by atoms with Crippen molar-refractivity contribution in [3.8, 4) is 6.07 Å². The second-order valence-electron chi connectivity index (χ2n) is 5.34. The minimum absolute atomic E-state index is 0.0556. The van der Waals surface area contributed by atoms with Crippen LogP contribution >= 0.6 is 0 Å². The number of fused-ring (bicyclic) bond motifs is 1. The second kappa shape index (κ2) is 5.38. The fourth-order valence-corrected chi connectivity index (χ4v) is 2.60. The maximum atomic E-state index is 12.6. The van der Waals surface area contributed by atoms with Gasteiger partial charge in [-0.1, -0.05) is 18.2 Å². The average molecular weight is 289 g/mol. The number of carbonyl (C=O) groups is 1. The zero-order valence-corrected chi connectivity index (χ0v) is 12.2. The van der Waals surface area contributed by atoms with Crippen LogP contribution in [0.1, 0.15) is 21.5 Å². The molecule has 3 rings (SSSR count). The van der Waals surface area contributed by atoms with E-state index in [0.717, 1.165) is 16.5 Å². The summed E-state index contributed by atoms with van der Waals surface area (Å²) in [4.78, 5) is 12.6. The summed E-state index contributed by atoms with van der Waals surface area (Å²) in [6.07, 6.45) is 2.16. The molecule has 0 atom stereocenters. The predicted octanol–water partition coefficient (Wildman–Crippen LogP) is 3.06. The molecule has 0 spiro atoms. The lowest BCUT2D eigenvalue weighted by Crippen LogP contribution is -2.03. The fraction of sp³-hybridized carbons (Fsp3) is 0.111. The van der Waals surface area contributed by atoms with E-state index in [4.69, 9.17) is 11.0 Å². The molecule has 4 nitrogen and oxygen atoms in total. The van der Waals surface area contributed by atoms with E-state index in [-0.39, 0.29) is 5.78 Å². The van der Waals surface area contributed by atoms with Crippen LogP contribution in [0.3, 0.4) is 0 Å². The quantitative estimate of drug-likeness (QED) is 0.595. The highest BCUT2D eigenvalue weighted by atomic mass is 16.1. The molecule has 0 fully saturated rings. The Morgan fingerprint density at radius 2 is 1.95 bits per heavy atom. The lowest BCUT2D eigenvalue weighted by atomic mass is 10.0. The highest BCUT2D eigenvalue weighted by Gasteiger charge is 2.14. The molecule has 0 radical (unpaired) electrons. The number of ketones is 1. The summed E-state index contributed by atoms with van der Waals surface area (Å²) in [5.41, 5.74) is 9.62. The molecule has 0 unspecified atom stereocenters. The number of nitrogens with two attached hydrogens (primary N) is 1. The molecule has 0 bridgehead atoms. The van der Waals surface area contributed by atoms with Crippen molar-refractivity contribution in [1.29, 1.82) is 5.26 Å². The highest BCUT2D eigenvalue weighted by molar-refractivity contribution is 6.09. The third-order valence-corrected chi connectivity index (χ3v) is 3.76. The second-order valence-corrected chi connectivity index (χ2v) is 5.34. The number of benzene rings is 2. The minimum atomic E-state index is 0.0556. The van der Waals surface area contributed by atoms with Gasteiger partial charge in [-0.25, -0.2) is 0 Å². The van der Waals surface area contributed by atoms with Crippen molar-refractivity contribution in [2.75, 3.05) is 5.73 Å². The maximum absolute atomic E-state index is 12.6. The van der Waals surface area contributed by atoms with Crippen molar-refractivity contribution in [1.82, 2.24) is 4.57 Å². The first-order valence-electron chi connectivity index (χ1n) is 6.95. The van der Waals surface area contributed by atoms with Crippen molar-refractivity contribution in [3.63, 3.8) is 0 Å². The SMILES string of the molecule is Cn1cc(C(=O)Cc2ccc(C#N)cc2)c2ccc(N)cc21. The minimum Gasteiger partial charge on any atom is -0.399 e. The molecule has 0 aliphatic carbocycles. The van der Waals surface area contributed by atoms with Gasteiger partial charge >= 0.3 is 0 Å². The first kappa shape index (κ1) is 13.9. The Kier molecular flexibility index (Phi) is 3.40. The summed E-state index contributed by atoms with van der Waals surface area (Å²) in [5.74, 6) is 0.0556. The number of nitriles is 1. The zero-order chi connectivity index (χ0) is 15.7. The van der Waals surface area contributed by atoms with Crippen LogP contribution in [0.2, 0.25) is 0 Å². The lowest BCUT2D eigenvalue weighted by Gasteiger charge is -2.01. The normalized spacial score (nSPS) is 10.5. The number of Topliss-reactive ketones (excluding diaryl/α,β-unsaturated/α-hetero) is 1. The molecule has 1 heterocycles. The van der Waals surface area contributed by atoms with Gasteiger partial charge in [-0.2, -0.15) is 5.26 Å². The van der Waals surface area contributed by atoms with E-state index in [9.17, 15) is 4.79 Å². The molecule has 22 heavy (non-hydrogen) atoms. The third-order valence-electron chi connectivity index (χ3n) is 3.76. The van der Waals surface area contributed by atoms with E-state index in [1.165, 1.54) is 0 Å². The molecule has 4 heteroatoms. The van der Waals surface area contributed by atoms with E-state index in [2.05, 4.69) is 6.07 Å². The monoisotopic (exact) mass is 289 g/mol. The number of anilines is 1. The fourth-order valence-electron chi connectivity index (χ4n) is 2.60. The molecular weight excluding hydrogens is 274 g/mol. The number of hydrogen-bond donors (Lipinski definition) is 1. The predicted molar refractivity (Wildman–Crippen MR) is 86.5 cm³/mol. The van der Waals surface area contributed by atoms with Crippen LogP contribution < -0.4 is 5.73 Å². The summed E-state index contributed by atoms with van der Waals surface area (Å²) < 4.78 is 1.91. The molecule has 0 aliphatic rings. The Bertz CT molecular complexity index is 898. The van der Waals surface area contributed by atoms with Crippen molar-refractivity contribution in [2.24, 2.45) is 7.05 Å². The van der Waals surface area contributed by atoms with Gasteiger partial charge < -0.3 is 10.3 Å².